The van der Waals surface area contributed by atoms with Gasteiger partial charge in [0, 0.05) is 31.7 Å². The topological polar surface area (TPSA) is 107 Å². The summed E-state index contributed by atoms with van der Waals surface area (Å²) in [6.45, 7) is 3.54. The van der Waals surface area contributed by atoms with Gasteiger partial charge in [0.1, 0.15) is 11.5 Å². The first-order valence-corrected chi connectivity index (χ1v) is 12.0. The fourth-order valence-corrected chi connectivity index (χ4v) is 4.72. The molecule has 0 radical (unpaired) electrons. The number of amides is 1. The molecule has 4 rings (SSSR count). The molecule has 0 bridgehead atoms. The highest BCUT2D eigenvalue weighted by Gasteiger charge is 2.46. The van der Waals surface area contributed by atoms with E-state index in [1.165, 1.54) is 33.3 Å². The summed E-state index contributed by atoms with van der Waals surface area (Å²) in [5.41, 5.74) is 0.887. The first-order valence-electron chi connectivity index (χ1n) is 12.0. The molecule has 198 valence electrons. The number of carbonyl (C=O) groups is 2. The highest BCUT2D eigenvalue weighted by Crippen LogP contribution is 2.45. The molecule has 2 aliphatic heterocycles. The number of methoxy groups -OCH3 is 4. The Hall–Kier alpha value is -3.76. The molecule has 1 amide bonds. The molecule has 10 heteroatoms. The number of nitrogens with zero attached hydrogens (tertiary/aromatic N) is 2. The van der Waals surface area contributed by atoms with E-state index in [2.05, 4.69) is 4.90 Å². The Morgan fingerprint density at radius 1 is 0.946 bits per heavy atom. The lowest BCUT2D eigenvalue weighted by molar-refractivity contribution is -0.140. The molecule has 2 aliphatic rings. The number of likely N-dealkylation sites (tertiary alicyclic amines) is 1. The van der Waals surface area contributed by atoms with Gasteiger partial charge in [-0.3, -0.25) is 14.5 Å². The van der Waals surface area contributed by atoms with Crippen LogP contribution in [0.5, 0.6) is 23.0 Å². The van der Waals surface area contributed by atoms with Crippen molar-refractivity contribution in [2.75, 3.05) is 67.8 Å². The molecule has 0 spiro atoms. The number of ketones is 1. The summed E-state index contributed by atoms with van der Waals surface area (Å²) in [6, 6.07) is 9.22. The molecule has 10 nitrogen and oxygen atoms in total. The van der Waals surface area contributed by atoms with Crippen LogP contribution in [0, 0.1) is 0 Å². The molecule has 0 aromatic heterocycles. The van der Waals surface area contributed by atoms with E-state index >= 15 is 0 Å². The van der Waals surface area contributed by atoms with Gasteiger partial charge in [0.05, 0.1) is 53.3 Å². The van der Waals surface area contributed by atoms with Crippen LogP contribution < -0.4 is 18.9 Å². The van der Waals surface area contributed by atoms with Gasteiger partial charge < -0.3 is 33.7 Å². The zero-order valence-corrected chi connectivity index (χ0v) is 21.5. The monoisotopic (exact) mass is 512 g/mol. The minimum atomic E-state index is -0.874. The molecule has 2 heterocycles. The van der Waals surface area contributed by atoms with Gasteiger partial charge in [0.15, 0.2) is 11.5 Å². The van der Waals surface area contributed by atoms with Crippen molar-refractivity contribution >= 4 is 17.4 Å². The third kappa shape index (κ3) is 5.21. The van der Waals surface area contributed by atoms with Crippen molar-refractivity contribution in [2.24, 2.45) is 0 Å². The average Bonchev–Trinajstić information content (AvgIpc) is 3.20. The Labute approximate surface area is 215 Å². The first kappa shape index (κ1) is 26.3. The van der Waals surface area contributed by atoms with Gasteiger partial charge in [-0.2, -0.15) is 0 Å². The van der Waals surface area contributed by atoms with Gasteiger partial charge in [0.25, 0.3) is 11.7 Å². The Kier molecular flexibility index (Phi) is 8.20. The van der Waals surface area contributed by atoms with Gasteiger partial charge >= 0.3 is 0 Å². The second-order valence-electron chi connectivity index (χ2n) is 8.64. The maximum Gasteiger partial charge on any atom is 0.295 e. The van der Waals surface area contributed by atoms with E-state index in [4.69, 9.17) is 23.7 Å². The molecular weight excluding hydrogens is 480 g/mol. The summed E-state index contributed by atoms with van der Waals surface area (Å²) >= 11 is 0. The van der Waals surface area contributed by atoms with Gasteiger partial charge in [-0.25, -0.2) is 0 Å². The van der Waals surface area contributed by atoms with E-state index in [0.29, 0.717) is 53.9 Å². The summed E-state index contributed by atoms with van der Waals surface area (Å²) in [7, 11) is 6.00. The predicted molar refractivity (Wildman–Crippen MR) is 135 cm³/mol. The number of carbonyl (C=O) groups excluding carboxylic acids is 2. The minimum Gasteiger partial charge on any atom is -0.507 e. The van der Waals surface area contributed by atoms with Crippen molar-refractivity contribution in [3.63, 3.8) is 0 Å². The van der Waals surface area contributed by atoms with Crippen LogP contribution >= 0.6 is 0 Å². The highest BCUT2D eigenvalue weighted by molar-refractivity contribution is 6.46. The van der Waals surface area contributed by atoms with Crippen LogP contribution in [0.15, 0.2) is 42.0 Å². The van der Waals surface area contributed by atoms with Gasteiger partial charge in [-0.05, 0) is 29.8 Å². The number of hydrogen-bond acceptors (Lipinski definition) is 9. The van der Waals surface area contributed by atoms with Crippen molar-refractivity contribution in [1.82, 2.24) is 9.80 Å². The van der Waals surface area contributed by atoms with Crippen LogP contribution in [0.4, 0.5) is 0 Å². The lowest BCUT2D eigenvalue weighted by Gasteiger charge is -2.31. The Bertz CT molecular complexity index is 1160. The van der Waals surface area contributed by atoms with Crippen LogP contribution in [0.3, 0.4) is 0 Å². The zero-order chi connectivity index (χ0) is 26.5. The number of hydrogen-bond donors (Lipinski definition) is 1. The molecule has 1 N–H and O–H groups in total. The molecule has 1 atom stereocenters. The first-order chi connectivity index (χ1) is 17.9. The average molecular weight is 513 g/mol. The van der Waals surface area contributed by atoms with Crippen LogP contribution in [0.2, 0.25) is 0 Å². The Morgan fingerprint density at radius 3 is 2.22 bits per heavy atom. The molecule has 2 aromatic carbocycles. The molecule has 0 aliphatic carbocycles. The Balaban J connectivity index is 1.84. The summed E-state index contributed by atoms with van der Waals surface area (Å²) in [5.74, 6) is -0.0990. The van der Waals surface area contributed by atoms with E-state index in [1.54, 1.807) is 36.4 Å². The number of ether oxygens (including phenoxy) is 5. The zero-order valence-electron chi connectivity index (χ0n) is 21.5. The Morgan fingerprint density at radius 2 is 1.62 bits per heavy atom. The predicted octanol–water partition coefficient (Wildman–Crippen LogP) is 2.47. The van der Waals surface area contributed by atoms with Crippen LogP contribution in [0.25, 0.3) is 5.76 Å². The lowest BCUT2D eigenvalue weighted by Crippen LogP contribution is -2.42. The fraction of sp³-hybridized carbons (Fsp3) is 0.407. The second-order valence-corrected chi connectivity index (χ2v) is 8.64. The quantitative estimate of drug-likeness (QED) is 0.308. The molecule has 2 fully saturated rings. The maximum atomic E-state index is 13.4. The minimum absolute atomic E-state index is 0.0190. The largest absolute Gasteiger partial charge is 0.507 e. The number of morpholine rings is 1. The third-order valence-electron chi connectivity index (χ3n) is 6.65. The fourth-order valence-electron chi connectivity index (χ4n) is 4.72. The summed E-state index contributed by atoms with van der Waals surface area (Å²) in [6.07, 6.45) is 0. The van der Waals surface area contributed by atoms with Crippen LogP contribution in [-0.2, 0) is 14.3 Å². The third-order valence-corrected chi connectivity index (χ3v) is 6.65. The van der Waals surface area contributed by atoms with E-state index in [9.17, 15) is 14.7 Å². The standard InChI is InChI=1S/C27H32N2O8/c1-33-19-7-5-6-17(14-19)24(30)22-23(18-15-20(34-2)26(36-4)21(16-18)35-3)29(27(32)25(22)31)9-8-28-10-12-37-13-11-28/h5-7,14-16,23,30H,8-13H2,1-4H3/t23-/m0/s1. The second kappa shape index (κ2) is 11.5. The van der Waals surface area contributed by atoms with Crippen molar-refractivity contribution in [3.8, 4) is 23.0 Å². The molecule has 0 unspecified atom stereocenters. The van der Waals surface area contributed by atoms with E-state index in [0.717, 1.165) is 13.1 Å². The van der Waals surface area contributed by atoms with E-state index < -0.39 is 17.7 Å². The van der Waals surface area contributed by atoms with Crippen molar-refractivity contribution in [2.45, 2.75) is 6.04 Å². The van der Waals surface area contributed by atoms with Gasteiger partial charge in [0.2, 0.25) is 5.75 Å². The van der Waals surface area contributed by atoms with Crippen molar-refractivity contribution in [3.05, 3.63) is 53.1 Å². The SMILES string of the molecule is COc1cccc(C(O)=C2C(=O)C(=O)N(CCN3CCOCC3)[C@H]2c2cc(OC)c(OC)c(OC)c2)c1. The number of rotatable bonds is 9. The molecular formula is C27H32N2O8. The van der Waals surface area contributed by atoms with E-state index in [-0.39, 0.29) is 17.9 Å². The van der Waals surface area contributed by atoms with Crippen LogP contribution in [-0.4, -0.2) is 94.4 Å². The summed E-state index contributed by atoms with van der Waals surface area (Å²) in [5, 5.41) is 11.4. The smallest absolute Gasteiger partial charge is 0.295 e. The number of Topliss-reactive ketones (excluding diaryl/α,β-unsaturated/α-hetero) is 1. The van der Waals surface area contributed by atoms with Crippen molar-refractivity contribution in [1.29, 1.82) is 0 Å². The van der Waals surface area contributed by atoms with Gasteiger partial charge in [-0.1, -0.05) is 12.1 Å². The lowest BCUT2D eigenvalue weighted by atomic mass is 9.94. The summed E-state index contributed by atoms with van der Waals surface area (Å²) in [4.78, 5) is 30.4. The molecule has 37 heavy (non-hydrogen) atoms. The van der Waals surface area contributed by atoms with Gasteiger partial charge in [-0.15, -0.1) is 0 Å². The van der Waals surface area contributed by atoms with E-state index in [1.807, 2.05) is 0 Å². The molecule has 0 saturated carbocycles. The maximum absolute atomic E-state index is 13.4. The molecule has 2 saturated heterocycles. The van der Waals surface area contributed by atoms with Crippen LogP contribution in [0.1, 0.15) is 17.2 Å². The highest BCUT2D eigenvalue weighted by atomic mass is 16.5. The summed E-state index contributed by atoms with van der Waals surface area (Å²) < 4.78 is 27.2. The number of aliphatic hydroxyl groups excluding tert-OH is 1. The molecule has 2 aromatic rings. The normalized spacial score (nSPS) is 19.7. The van der Waals surface area contributed by atoms with Crippen molar-refractivity contribution < 1.29 is 38.4 Å². The number of aliphatic hydroxyl groups is 1. The number of benzene rings is 2.